The van der Waals surface area contributed by atoms with Gasteiger partial charge in [-0.2, -0.15) is 5.10 Å². The maximum absolute atomic E-state index is 4.37. The van der Waals surface area contributed by atoms with E-state index in [1.165, 1.54) is 14.7 Å². The summed E-state index contributed by atoms with van der Waals surface area (Å²) in [6.45, 7) is 7.44. The summed E-state index contributed by atoms with van der Waals surface area (Å²) >= 11 is 2.29. The molecule has 3 nitrogen and oxygen atoms in total. The molecule has 0 saturated carbocycles. The SMILES string of the molecule is CC(C)CNCCc1ccccc1Cn1cc(I)cn1. The van der Waals surface area contributed by atoms with Crippen LogP contribution in [0.1, 0.15) is 25.0 Å². The predicted octanol–water partition coefficient (Wildman–Crippen LogP) is 3.32. The minimum absolute atomic E-state index is 0.705. The zero-order chi connectivity index (χ0) is 14.4. The molecule has 0 aliphatic carbocycles. The highest BCUT2D eigenvalue weighted by atomic mass is 127. The molecule has 0 radical (unpaired) electrons. The molecule has 20 heavy (non-hydrogen) atoms. The van der Waals surface area contributed by atoms with Crippen molar-refractivity contribution in [3.8, 4) is 0 Å². The average Bonchev–Trinajstić information content (AvgIpc) is 2.82. The molecule has 0 amide bonds. The van der Waals surface area contributed by atoms with Gasteiger partial charge in [-0.1, -0.05) is 38.1 Å². The van der Waals surface area contributed by atoms with Crippen LogP contribution in [-0.4, -0.2) is 22.9 Å². The lowest BCUT2D eigenvalue weighted by Gasteiger charge is -2.11. The lowest BCUT2D eigenvalue weighted by Crippen LogP contribution is -2.22. The van der Waals surface area contributed by atoms with Crippen molar-refractivity contribution < 1.29 is 0 Å². The van der Waals surface area contributed by atoms with Crippen molar-refractivity contribution in [3.63, 3.8) is 0 Å². The van der Waals surface area contributed by atoms with E-state index in [0.29, 0.717) is 5.92 Å². The molecular formula is C16H22IN3. The molecule has 1 N–H and O–H groups in total. The Kier molecular flexibility index (Phi) is 6.04. The fourth-order valence-corrected chi connectivity index (χ4v) is 2.61. The minimum atomic E-state index is 0.705. The Morgan fingerprint density at radius 3 is 2.65 bits per heavy atom. The fraction of sp³-hybridized carbons (Fsp3) is 0.438. The Morgan fingerprint density at radius 2 is 2.00 bits per heavy atom. The number of halogens is 1. The summed E-state index contributed by atoms with van der Waals surface area (Å²) in [5, 5.41) is 7.87. The summed E-state index contributed by atoms with van der Waals surface area (Å²) in [6.07, 6.45) is 5.04. The van der Waals surface area contributed by atoms with Gasteiger partial charge >= 0.3 is 0 Å². The smallest absolute Gasteiger partial charge is 0.0662 e. The van der Waals surface area contributed by atoms with Gasteiger partial charge in [0, 0.05) is 6.20 Å². The van der Waals surface area contributed by atoms with Crippen LogP contribution in [0.3, 0.4) is 0 Å². The van der Waals surface area contributed by atoms with Crippen LogP contribution in [0.5, 0.6) is 0 Å². The Bertz CT molecular complexity index is 534. The van der Waals surface area contributed by atoms with Gasteiger partial charge in [-0.15, -0.1) is 0 Å². The van der Waals surface area contributed by atoms with Crippen LogP contribution in [0.2, 0.25) is 0 Å². The molecule has 2 aromatic rings. The molecule has 0 aliphatic rings. The van der Waals surface area contributed by atoms with Gasteiger partial charge in [0.15, 0.2) is 0 Å². The standard InChI is InChI=1S/C16H22IN3/c1-13(2)9-18-8-7-14-5-3-4-6-15(14)11-20-12-16(17)10-19-20/h3-6,10,12-13,18H,7-9,11H2,1-2H3. The van der Waals surface area contributed by atoms with Gasteiger partial charge in [-0.3, -0.25) is 4.68 Å². The molecule has 0 unspecified atom stereocenters. The van der Waals surface area contributed by atoms with Crippen LogP contribution in [-0.2, 0) is 13.0 Å². The molecule has 1 heterocycles. The second-order valence-electron chi connectivity index (χ2n) is 5.47. The fourth-order valence-electron chi connectivity index (χ4n) is 2.17. The second-order valence-corrected chi connectivity index (χ2v) is 6.72. The number of aromatic nitrogens is 2. The Labute approximate surface area is 134 Å². The minimum Gasteiger partial charge on any atom is -0.316 e. The van der Waals surface area contributed by atoms with Crippen molar-refractivity contribution in [2.75, 3.05) is 13.1 Å². The first-order chi connectivity index (χ1) is 9.65. The van der Waals surface area contributed by atoms with Crippen LogP contribution in [0.15, 0.2) is 36.7 Å². The normalized spacial score (nSPS) is 11.2. The molecule has 108 valence electrons. The third kappa shape index (κ3) is 4.90. The molecule has 4 heteroatoms. The maximum Gasteiger partial charge on any atom is 0.0662 e. The van der Waals surface area contributed by atoms with E-state index in [-0.39, 0.29) is 0 Å². The van der Waals surface area contributed by atoms with Gasteiger partial charge in [0.05, 0.1) is 16.3 Å². The number of nitrogens with one attached hydrogen (secondary N) is 1. The van der Waals surface area contributed by atoms with Crippen molar-refractivity contribution in [1.29, 1.82) is 0 Å². The molecule has 1 aromatic heterocycles. The van der Waals surface area contributed by atoms with Crippen LogP contribution >= 0.6 is 22.6 Å². The van der Waals surface area contributed by atoms with E-state index in [1.807, 2.05) is 10.9 Å². The number of hydrogen-bond donors (Lipinski definition) is 1. The highest BCUT2D eigenvalue weighted by Crippen LogP contribution is 2.12. The van der Waals surface area contributed by atoms with E-state index >= 15 is 0 Å². The quantitative estimate of drug-likeness (QED) is 0.587. The largest absolute Gasteiger partial charge is 0.316 e. The van der Waals surface area contributed by atoms with Crippen molar-refractivity contribution in [1.82, 2.24) is 15.1 Å². The number of rotatable bonds is 7. The van der Waals surface area contributed by atoms with E-state index < -0.39 is 0 Å². The molecule has 2 rings (SSSR count). The van der Waals surface area contributed by atoms with Crippen molar-refractivity contribution in [3.05, 3.63) is 51.4 Å². The lowest BCUT2D eigenvalue weighted by molar-refractivity contribution is 0.553. The summed E-state index contributed by atoms with van der Waals surface area (Å²) in [5.74, 6) is 0.705. The van der Waals surface area contributed by atoms with Gasteiger partial charge in [0.2, 0.25) is 0 Å². The van der Waals surface area contributed by atoms with E-state index in [0.717, 1.165) is 26.1 Å². The number of hydrogen-bond acceptors (Lipinski definition) is 2. The van der Waals surface area contributed by atoms with E-state index in [9.17, 15) is 0 Å². The average molecular weight is 383 g/mol. The zero-order valence-electron chi connectivity index (χ0n) is 12.1. The molecule has 0 fully saturated rings. The van der Waals surface area contributed by atoms with Gasteiger partial charge in [-0.05, 0) is 59.1 Å². The Morgan fingerprint density at radius 1 is 1.25 bits per heavy atom. The van der Waals surface area contributed by atoms with Gasteiger partial charge in [0.25, 0.3) is 0 Å². The monoisotopic (exact) mass is 383 g/mol. The van der Waals surface area contributed by atoms with Crippen molar-refractivity contribution in [2.45, 2.75) is 26.8 Å². The Balaban J connectivity index is 1.95. The highest BCUT2D eigenvalue weighted by molar-refractivity contribution is 14.1. The molecule has 1 aromatic carbocycles. The van der Waals surface area contributed by atoms with E-state index in [4.69, 9.17) is 0 Å². The second kappa shape index (κ2) is 7.78. The third-order valence-corrected chi connectivity index (χ3v) is 3.73. The van der Waals surface area contributed by atoms with Crippen LogP contribution in [0.4, 0.5) is 0 Å². The molecule has 0 atom stereocenters. The van der Waals surface area contributed by atoms with Crippen LogP contribution in [0, 0.1) is 9.49 Å². The molecule has 0 bridgehead atoms. The highest BCUT2D eigenvalue weighted by Gasteiger charge is 2.04. The Hall–Kier alpha value is -0.880. The third-order valence-electron chi connectivity index (χ3n) is 3.18. The first-order valence-electron chi connectivity index (χ1n) is 7.10. The summed E-state index contributed by atoms with van der Waals surface area (Å²) in [6, 6.07) is 8.65. The van der Waals surface area contributed by atoms with Crippen LogP contribution in [0.25, 0.3) is 0 Å². The van der Waals surface area contributed by atoms with Crippen molar-refractivity contribution >= 4 is 22.6 Å². The van der Waals surface area contributed by atoms with E-state index in [1.54, 1.807) is 0 Å². The summed E-state index contributed by atoms with van der Waals surface area (Å²) in [4.78, 5) is 0. The summed E-state index contributed by atoms with van der Waals surface area (Å²) in [5.41, 5.74) is 2.77. The predicted molar refractivity (Wildman–Crippen MR) is 91.9 cm³/mol. The van der Waals surface area contributed by atoms with Gasteiger partial charge < -0.3 is 5.32 Å². The molecule has 0 aliphatic heterocycles. The molecule has 0 spiro atoms. The molecule has 0 saturated heterocycles. The number of benzene rings is 1. The summed E-state index contributed by atoms with van der Waals surface area (Å²) in [7, 11) is 0. The maximum atomic E-state index is 4.37. The lowest BCUT2D eigenvalue weighted by atomic mass is 10.0. The van der Waals surface area contributed by atoms with Gasteiger partial charge in [0.1, 0.15) is 0 Å². The number of nitrogens with zero attached hydrogens (tertiary/aromatic N) is 2. The van der Waals surface area contributed by atoms with Crippen molar-refractivity contribution in [2.24, 2.45) is 5.92 Å². The topological polar surface area (TPSA) is 29.9 Å². The first kappa shape index (κ1) is 15.5. The molecular weight excluding hydrogens is 361 g/mol. The zero-order valence-corrected chi connectivity index (χ0v) is 14.3. The van der Waals surface area contributed by atoms with Gasteiger partial charge in [-0.25, -0.2) is 0 Å². The van der Waals surface area contributed by atoms with Crippen LogP contribution < -0.4 is 5.32 Å². The van der Waals surface area contributed by atoms with E-state index in [2.05, 4.69) is 77.3 Å². The first-order valence-corrected chi connectivity index (χ1v) is 8.18. The summed E-state index contributed by atoms with van der Waals surface area (Å²) < 4.78 is 3.18.